The van der Waals surface area contributed by atoms with Crippen LogP contribution in [0.4, 0.5) is 0 Å². The highest BCUT2D eigenvalue weighted by atomic mass is 79.9. The fourth-order valence-corrected chi connectivity index (χ4v) is 2.14. The number of hydrogen-bond donors (Lipinski definition) is 0. The van der Waals surface area contributed by atoms with Crippen LogP contribution in [0.3, 0.4) is 0 Å². The summed E-state index contributed by atoms with van der Waals surface area (Å²) in [6.07, 6.45) is 4.61. The summed E-state index contributed by atoms with van der Waals surface area (Å²) in [4.78, 5) is 0. The molecular formula is C8H9BrN4S. The topological polar surface area (TPSA) is 43.6 Å². The number of rotatable bonds is 3. The Bertz CT molecular complexity index is 422. The van der Waals surface area contributed by atoms with Crippen molar-refractivity contribution in [1.82, 2.24) is 19.4 Å². The molecule has 0 amide bonds. The van der Waals surface area contributed by atoms with Gasteiger partial charge in [0.2, 0.25) is 0 Å². The molecule has 0 radical (unpaired) electrons. The Labute approximate surface area is 94.2 Å². The number of aryl methyl sites for hydroxylation is 1. The van der Waals surface area contributed by atoms with Gasteiger partial charge in [0.25, 0.3) is 0 Å². The molecule has 0 atom stereocenters. The average Bonchev–Trinajstić information content (AvgIpc) is 2.77. The van der Waals surface area contributed by atoms with Crippen LogP contribution in [0.1, 0.15) is 18.2 Å². The van der Waals surface area contributed by atoms with Gasteiger partial charge in [-0.15, -0.1) is 5.10 Å². The summed E-state index contributed by atoms with van der Waals surface area (Å²) in [6.45, 7) is 2.90. The second-order valence-electron chi connectivity index (χ2n) is 2.87. The summed E-state index contributed by atoms with van der Waals surface area (Å²) in [5.41, 5.74) is 2.14. The fourth-order valence-electron chi connectivity index (χ4n) is 1.13. The molecule has 0 fully saturated rings. The van der Waals surface area contributed by atoms with Crippen LogP contribution in [-0.2, 0) is 13.0 Å². The number of hydrogen-bond acceptors (Lipinski definition) is 4. The Hall–Kier alpha value is -0.750. The molecule has 0 aliphatic carbocycles. The number of nitrogens with zero attached hydrogens (tertiary/aromatic N) is 4. The maximum Gasteiger partial charge on any atom is 0.0941 e. The molecule has 2 aromatic heterocycles. The third-order valence-corrected chi connectivity index (χ3v) is 3.45. The van der Waals surface area contributed by atoms with E-state index in [9.17, 15) is 0 Å². The zero-order valence-corrected chi connectivity index (χ0v) is 10.0. The number of halogens is 1. The van der Waals surface area contributed by atoms with Gasteiger partial charge in [0.15, 0.2) is 0 Å². The SMILES string of the molecule is CCn1cc(Cc2cnsc2Br)nn1. The van der Waals surface area contributed by atoms with Crippen molar-refractivity contribution in [1.29, 1.82) is 0 Å². The van der Waals surface area contributed by atoms with E-state index in [4.69, 9.17) is 0 Å². The molecule has 0 saturated carbocycles. The van der Waals surface area contributed by atoms with Gasteiger partial charge in [-0.1, -0.05) is 5.21 Å². The zero-order valence-electron chi connectivity index (χ0n) is 7.64. The lowest BCUT2D eigenvalue weighted by Gasteiger charge is -1.91. The summed E-state index contributed by atoms with van der Waals surface area (Å²) in [7, 11) is 0. The molecule has 0 bridgehead atoms. The first-order valence-electron chi connectivity index (χ1n) is 4.27. The molecule has 0 saturated heterocycles. The van der Waals surface area contributed by atoms with Crippen LogP contribution >= 0.6 is 27.5 Å². The van der Waals surface area contributed by atoms with Crippen molar-refractivity contribution in [2.45, 2.75) is 19.9 Å². The van der Waals surface area contributed by atoms with Gasteiger partial charge < -0.3 is 0 Å². The zero-order chi connectivity index (χ0) is 9.97. The largest absolute Gasteiger partial charge is 0.253 e. The van der Waals surface area contributed by atoms with E-state index in [1.807, 2.05) is 24.0 Å². The highest BCUT2D eigenvalue weighted by Crippen LogP contribution is 2.22. The van der Waals surface area contributed by atoms with Crippen LogP contribution in [-0.4, -0.2) is 19.4 Å². The van der Waals surface area contributed by atoms with Crippen LogP contribution in [0.5, 0.6) is 0 Å². The molecule has 4 nitrogen and oxygen atoms in total. The first-order chi connectivity index (χ1) is 6.79. The molecule has 2 heterocycles. The lowest BCUT2D eigenvalue weighted by Crippen LogP contribution is -1.93. The van der Waals surface area contributed by atoms with E-state index < -0.39 is 0 Å². The van der Waals surface area contributed by atoms with Crippen molar-refractivity contribution in [3.63, 3.8) is 0 Å². The van der Waals surface area contributed by atoms with Gasteiger partial charge in [0, 0.05) is 30.9 Å². The number of aromatic nitrogens is 4. The molecule has 2 rings (SSSR count). The molecule has 14 heavy (non-hydrogen) atoms. The standard InChI is InChI=1S/C8H9BrN4S/c1-2-13-5-7(11-12-13)3-6-4-10-14-8(6)9/h4-5H,2-3H2,1H3. The molecule has 0 aromatic carbocycles. The minimum Gasteiger partial charge on any atom is -0.253 e. The van der Waals surface area contributed by atoms with E-state index in [2.05, 4.69) is 30.6 Å². The van der Waals surface area contributed by atoms with Crippen molar-refractivity contribution in [2.75, 3.05) is 0 Å². The van der Waals surface area contributed by atoms with Crippen LogP contribution in [0.2, 0.25) is 0 Å². The molecular weight excluding hydrogens is 264 g/mol. The van der Waals surface area contributed by atoms with Crippen LogP contribution in [0.15, 0.2) is 16.2 Å². The summed E-state index contributed by atoms with van der Waals surface area (Å²) in [5, 5.41) is 8.05. The second-order valence-corrected chi connectivity index (χ2v) is 4.99. The third-order valence-electron chi connectivity index (χ3n) is 1.88. The summed E-state index contributed by atoms with van der Waals surface area (Å²) in [5.74, 6) is 0. The van der Waals surface area contributed by atoms with Crippen molar-refractivity contribution in [3.05, 3.63) is 27.4 Å². The van der Waals surface area contributed by atoms with E-state index in [1.54, 1.807) is 0 Å². The first-order valence-corrected chi connectivity index (χ1v) is 5.84. The summed E-state index contributed by atoms with van der Waals surface area (Å²) < 4.78 is 6.98. The Morgan fingerprint density at radius 1 is 1.57 bits per heavy atom. The predicted octanol–water partition coefficient (Wildman–Crippen LogP) is 2.11. The normalized spacial score (nSPS) is 10.7. The fraction of sp³-hybridized carbons (Fsp3) is 0.375. The Morgan fingerprint density at radius 2 is 2.43 bits per heavy atom. The smallest absolute Gasteiger partial charge is 0.0941 e. The van der Waals surface area contributed by atoms with Gasteiger partial charge in [-0.2, -0.15) is 4.37 Å². The molecule has 74 valence electrons. The Kier molecular flexibility index (Phi) is 2.93. The molecule has 0 N–H and O–H groups in total. The van der Waals surface area contributed by atoms with Crippen molar-refractivity contribution in [2.24, 2.45) is 0 Å². The minimum absolute atomic E-state index is 0.789. The van der Waals surface area contributed by atoms with E-state index in [1.165, 1.54) is 11.5 Å². The molecule has 0 aliphatic heterocycles. The minimum atomic E-state index is 0.789. The van der Waals surface area contributed by atoms with Crippen molar-refractivity contribution in [3.8, 4) is 0 Å². The van der Waals surface area contributed by atoms with Gasteiger partial charge in [-0.05, 0) is 34.4 Å². The van der Waals surface area contributed by atoms with Gasteiger partial charge in [-0.3, -0.25) is 4.68 Å². The van der Waals surface area contributed by atoms with Gasteiger partial charge in [-0.25, -0.2) is 0 Å². The third kappa shape index (κ3) is 2.01. The van der Waals surface area contributed by atoms with Crippen molar-refractivity contribution >= 4 is 27.5 Å². The summed E-state index contributed by atoms with van der Waals surface area (Å²) >= 11 is 4.90. The van der Waals surface area contributed by atoms with Gasteiger partial charge >= 0.3 is 0 Å². The van der Waals surface area contributed by atoms with Crippen LogP contribution in [0.25, 0.3) is 0 Å². The first kappa shape index (κ1) is 9.79. The lowest BCUT2D eigenvalue weighted by atomic mass is 10.2. The van der Waals surface area contributed by atoms with E-state index >= 15 is 0 Å². The van der Waals surface area contributed by atoms with Gasteiger partial charge in [0.1, 0.15) is 0 Å². The van der Waals surface area contributed by atoms with E-state index in [0.717, 1.165) is 28.0 Å². The highest BCUT2D eigenvalue weighted by Gasteiger charge is 2.06. The quantitative estimate of drug-likeness (QED) is 0.860. The van der Waals surface area contributed by atoms with Crippen LogP contribution in [0, 0.1) is 0 Å². The predicted molar refractivity (Wildman–Crippen MR) is 58.3 cm³/mol. The monoisotopic (exact) mass is 272 g/mol. The molecule has 0 unspecified atom stereocenters. The average molecular weight is 273 g/mol. The maximum absolute atomic E-state index is 4.08. The Morgan fingerprint density at radius 3 is 3.00 bits per heavy atom. The van der Waals surface area contributed by atoms with Crippen molar-refractivity contribution < 1.29 is 0 Å². The molecule has 6 heteroatoms. The van der Waals surface area contributed by atoms with Crippen LogP contribution < -0.4 is 0 Å². The maximum atomic E-state index is 4.08. The molecule has 0 spiro atoms. The van der Waals surface area contributed by atoms with Gasteiger partial charge in [0.05, 0.1) is 9.48 Å². The lowest BCUT2D eigenvalue weighted by molar-refractivity contribution is 0.626. The second kappa shape index (κ2) is 4.18. The van der Waals surface area contributed by atoms with E-state index in [-0.39, 0.29) is 0 Å². The molecule has 0 aliphatic rings. The Balaban J connectivity index is 2.15. The van der Waals surface area contributed by atoms with E-state index in [0.29, 0.717) is 0 Å². The highest BCUT2D eigenvalue weighted by molar-refractivity contribution is 9.11. The molecule has 2 aromatic rings. The summed E-state index contributed by atoms with van der Waals surface area (Å²) in [6, 6.07) is 0.